The van der Waals surface area contributed by atoms with Crippen LogP contribution in [0.3, 0.4) is 0 Å². The predicted molar refractivity (Wildman–Crippen MR) is 89.8 cm³/mol. The molecule has 0 aliphatic carbocycles. The Kier molecular flexibility index (Phi) is 45.1. The Morgan fingerprint density at radius 2 is 0.650 bits per heavy atom. The van der Waals surface area contributed by atoms with Crippen LogP contribution >= 0.6 is 0 Å². The minimum absolute atomic E-state index is 0. The third kappa shape index (κ3) is 20.7. The van der Waals surface area contributed by atoms with Crippen LogP contribution in [0.5, 0.6) is 0 Å². The number of benzene rings is 2. The second-order valence-electron chi connectivity index (χ2n) is 2.63. The Balaban J connectivity index is -0.0000000377. The summed E-state index contributed by atoms with van der Waals surface area (Å²) >= 11 is 9.62. The zero-order chi connectivity index (χ0) is 10.2. The first kappa shape index (κ1) is 37.0. The second kappa shape index (κ2) is 24.4. The van der Waals surface area contributed by atoms with Crippen molar-refractivity contribution in [1.29, 1.82) is 0 Å². The minimum atomic E-state index is 0. The molecule has 4 heteroatoms. The van der Waals surface area contributed by atoms with Gasteiger partial charge in [-0.3, -0.25) is 0 Å². The fourth-order valence-electron chi connectivity index (χ4n) is 0.841. The summed E-state index contributed by atoms with van der Waals surface area (Å²) in [5, 5.41) is 0. The molecule has 0 heterocycles. The summed E-state index contributed by atoms with van der Waals surface area (Å²) in [6.45, 7) is 0. The third-order valence-electron chi connectivity index (χ3n) is 1.49. The molecule has 0 saturated carbocycles. The molecule has 0 fully saturated rings. The van der Waals surface area contributed by atoms with Crippen molar-refractivity contribution in [1.82, 2.24) is 0 Å². The van der Waals surface area contributed by atoms with Gasteiger partial charge in [0, 0.05) is 0 Å². The molecule has 2 aromatic carbocycles. The first-order valence-electron chi connectivity index (χ1n) is 4.23. The zero-order valence-electron chi connectivity index (χ0n) is 12.2. The Labute approximate surface area is 169 Å². The molecule has 0 nitrogen and oxygen atoms in total. The van der Waals surface area contributed by atoms with E-state index in [0.29, 0.717) is 0 Å². The van der Waals surface area contributed by atoms with Crippen molar-refractivity contribution in [3.8, 4) is 0 Å². The molecule has 2 rings (SSSR count). The van der Waals surface area contributed by atoms with Gasteiger partial charge in [-0.2, -0.15) is 9.79 Å². The zero-order valence-corrected chi connectivity index (χ0v) is 18.2. The molecule has 0 atom stereocenters. The van der Waals surface area contributed by atoms with E-state index >= 15 is 0 Å². The van der Waals surface area contributed by atoms with E-state index in [0.717, 1.165) is 9.79 Å². The Bertz CT molecular complexity index is 316. The summed E-state index contributed by atoms with van der Waals surface area (Å²) in [5.74, 6) is 0. The molecule has 0 aromatic heterocycles. The van der Waals surface area contributed by atoms with Gasteiger partial charge in [0.15, 0.2) is 0 Å². The third-order valence-corrected chi connectivity index (χ3v) is 2.03. The van der Waals surface area contributed by atoms with Crippen LogP contribution < -0.4 is 0 Å². The fraction of sp³-hybridized carbons (Fsp3) is 0. The summed E-state index contributed by atoms with van der Waals surface area (Å²) in [6.07, 6.45) is 0. The van der Waals surface area contributed by atoms with E-state index in [4.69, 9.17) is 25.3 Å². The SMILES string of the molecule is [Au+3].[Au+3].[CH3-].[CH3-].[CH3-].[CH3-].[S-]c1ccccc1.[S-]c1ccccc1. The monoisotopic (exact) mass is 672 g/mol. The average molecular weight is 672 g/mol. The van der Waals surface area contributed by atoms with Crippen molar-refractivity contribution < 1.29 is 44.8 Å². The average Bonchev–Trinajstić information content (AvgIpc) is 2.21. The van der Waals surface area contributed by atoms with Crippen molar-refractivity contribution in [3.63, 3.8) is 0 Å². The van der Waals surface area contributed by atoms with Gasteiger partial charge >= 0.3 is 44.8 Å². The number of hydrogen-bond donors (Lipinski definition) is 0. The first-order chi connectivity index (χ1) is 6.79. The van der Waals surface area contributed by atoms with E-state index in [1.54, 1.807) is 0 Å². The van der Waals surface area contributed by atoms with Gasteiger partial charge in [-0.05, 0) is 0 Å². The van der Waals surface area contributed by atoms with Crippen LogP contribution in [0, 0.1) is 29.7 Å². The molecule has 20 heavy (non-hydrogen) atoms. The fourth-order valence-corrected chi connectivity index (χ4v) is 1.16. The Morgan fingerprint density at radius 1 is 0.450 bits per heavy atom. The summed E-state index contributed by atoms with van der Waals surface area (Å²) in [7, 11) is 0. The van der Waals surface area contributed by atoms with Gasteiger partial charge in [0.05, 0.1) is 0 Å². The van der Waals surface area contributed by atoms with Gasteiger partial charge in [-0.1, -0.05) is 60.7 Å². The molecular formula is C16H22Au2S2. The summed E-state index contributed by atoms with van der Waals surface area (Å²) in [4.78, 5) is 1.81. The Morgan fingerprint density at radius 3 is 0.750 bits per heavy atom. The molecule has 0 saturated heterocycles. The molecule has 0 unspecified atom stereocenters. The standard InChI is InChI=1S/2C6H6S.4CH3.2Au/c2*7-6-4-2-1-3-5-6;;;;;;/h2*1-5,7H;4*1H3;;/q;;4*-1;2*+3/p-2. The van der Waals surface area contributed by atoms with Gasteiger partial charge in [0.25, 0.3) is 0 Å². The van der Waals surface area contributed by atoms with Crippen LogP contribution in [0.25, 0.3) is 0 Å². The topological polar surface area (TPSA) is 0 Å². The van der Waals surface area contributed by atoms with E-state index in [9.17, 15) is 0 Å². The van der Waals surface area contributed by atoms with E-state index in [2.05, 4.69) is 0 Å². The van der Waals surface area contributed by atoms with Crippen LogP contribution in [0.2, 0.25) is 0 Å². The molecular weight excluding hydrogens is 650 g/mol. The van der Waals surface area contributed by atoms with E-state index in [-0.39, 0.29) is 74.5 Å². The van der Waals surface area contributed by atoms with Gasteiger partial charge < -0.3 is 55.0 Å². The molecule has 0 spiro atoms. The van der Waals surface area contributed by atoms with Gasteiger partial charge in [0.2, 0.25) is 0 Å². The Hall–Kier alpha value is 0.361. The van der Waals surface area contributed by atoms with E-state index in [1.807, 2.05) is 60.7 Å². The summed E-state index contributed by atoms with van der Waals surface area (Å²) < 4.78 is 0. The quantitative estimate of drug-likeness (QED) is 0.220. The molecule has 0 aliphatic rings. The number of rotatable bonds is 0. The van der Waals surface area contributed by atoms with Gasteiger partial charge in [-0.15, -0.1) is 0 Å². The summed E-state index contributed by atoms with van der Waals surface area (Å²) in [5.41, 5.74) is 0. The predicted octanol–water partition coefficient (Wildman–Crippen LogP) is 4.98. The van der Waals surface area contributed by atoms with Crippen molar-refractivity contribution in [2.75, 3.05) is 0 Å². The molecule has 2 aromatic rings. The minimum Gasteiger partial charge on any atom is -0.780 e. The van der Waals surface area contributed by atoms with Crippen LogP contribution in [-0.4, -0.2) is 0 Å². The normalized spacial score (nSPS) is 6.00. The largest absolute Gasteiger partial charge is 3.00 e. The molecule has 0 radical (unpaired) electrons. The van der Waals surface area contributed by atoms with Crippen molar-refractivity contribution in [3.05, 3.63) is 90.4 Å². The molecule has 120 valence electrons. The molecule has 0 amide bonds. The molecule has 0 aliphatic heterocycles. The van der Waals surface area contributed by atoms with Crippen LogP contribution in [-0.2, 0) is 70.0 Å². The van der Waals surface area contributed by atoms with Crippen molar-refractivity contribution in [2.24, 2.45) is 0 Å². The van der Waals surface area contributed by atoms with Gasteiger partial charge in [0.1, 0.15) is 0 Å². The molecule has 0 N–H and O–H groups in total. The van der Waals surface area contributed by atoms with E-state index < -0.39 is 0 Å². The smallest absolute Gasteiger partial charge is 0.780 e. The maximum absolute atomic E-state index is 4.81. The van der Waals surface area contributed by atoms with Crippen LogP contribution in [0.4, 0.5) is 0 Å². The first-order valence-corrected chi connectivity index (χ1v) is 5.05. The maximum Gasteiger partial charge on any atom is 3.00 e. The van der Waals surface area contributed by atoms with E-state index in [1.165, 1.54) is 0 Å². The van der Waals surface area contributed by atoms with Gasteiger partial charge in [-0.25, -0.2) is 0 Å². The van der Waals surface area contributed by atoms with Crippen LogP contribution in [0.15, 0.2) is 70.5 Å². The summed E-state index contributed by atoms with van der Waals surface area (Å²) in [6, 6.07) is 19.2. The molecule has 0 bridgehead atoms. The number of hydrogen-bond acceptors (Lipinski definition) is 2. The van der Waals surface area contributed by atoms with Crippen molar-refractivity contribution >= 4 is 25.3 Å². The maximum atomic E-state index is 4.81. The van der Waals surface area contributed by atoms with Crippen molar-refractivity contribution in [2.45, 2.75) is 9.79 Å². The van der Waals surface area contributed by atoms with Crippen LogP contribution in [0.1, 0.15) is 0 Å². The second-order valence-corrected chi connectivity index (χ2v) is 3.57.